The fraction of sp³-hybridized carbons (Fsp3) is 0.0606. The van der Waals surface area contributed by atoms with Crippen LogP contribution in [0, 0.1) is 0 Å². The summed E-state index contributed by atoms with van der Waals surface area (Å²) >= 11 is 1.34. The van der Waals surface area contributed by atoms with Gasteiger partial charge in [-0.1, -0.05) is 48.5 Å². The van der Waals surface area contributed by atoms with Gasteiger partial charge in [-0.2, -0.15) is 10.2 Å². The second kappa shape index (κ2) is 11.6. The van der Waals surface area contributed by atoms with Crippen LogP contribution in [-0.4, -0.2) is 23.0 Å². The Balaban J connectivity index is 1.07. The Hall–Kier alpha value is -5.08. The monoisotopic (exact) mass is 556 g/mol. The van der Waals surface area contributed by atoms with Crippen LogP contribution < -0.4 is 10.2 Å². The Kier molecular flexibility index (Phi) is 7.38. The number of carbonyl (C=O) groups is 3. The smallest absolute Gasteiger partial charge is 0.255 e. The molecule has 5 aromatic rings. The molecule has 3 amide bonds. The molecule has 6 rings (SSSR count). The van der Waals surface area contributed by atoms with Gasteiger partial charge in [-0.25, -0.2) is 4.90 Å². The van der Waals surface area contributed by atoms with Crippen molar-refractivity contribution in [1.82, 2.24) is 0 Å². The standard InChI is InChI=1S/C33H24N4O3S/c38-31-21-30(33(40)37(31)28-16-12-27(13-17-28)36-35-26-8-2-1-3-9-26)41-29-18-14-25(15-19-29)34-32(39)24-11-10-22-6-4-5-7-23(22)20-24/h1-20,30H,21H2,(H,34,39). The van der Waals surface area contributed by atoms with Crippen molar-refractivity contribution in [2.75, 3.05) is 10.2 Å². The normalized spacial score (nSPS) is 15.1. The van der Waals surface area contributed by atoms with Crippen LogP contribution in [0.2, 0.25) is 0 Å². The van der Waals surface area contributed by atoms with E-state index in [1.165, 1.54) is 16.7 Å². The molecule has 5 aromatic carbocycles. The van der Waals surface area contributed by atoms with E-state index in [0.717, 1.165) is 21.4 Å². The molecular formula is C33H24N4O3S. The molecule has 8 heteroatoms. The summed E-state index contributed by atoms with van der Waals surface area (Å²) in [5.74, 6) is -0.700. The summed E-state index contributed by atoms with van der Waals surface area (Å²) in [6.45, 7) is 0. The molecule has 0 aliphatic carbocycles. The Morgan fingerprint density at radius 1 is 0.732 bits per heavy atom. The molecule has 0 bridgehead atoms. The van der Waals surface area contributed by atoms with Crippen LogP contribution in [0.3, 0.4) is 0 Å². The minimum Gasteiger partial charge on any atom is -0.322 e. The van der Waals surface area contributed by atoms with E-state index in [1.807, 2.05) is 78.9 Å². The lowest BCUT2D eigenvalue weighted by Crippen LogP contribution is -2.30. The van der Waals surface area contributed by atoms with Crippen molar-refractivity contribution < 1.29 is 14.4 Å². The van der Waals surface area contributed by atoms with Gasteiger partial charge in [-0.3, -0.25) is 14.4 Å². The molecule has 1 atom stereocenters. The van der Waals surface area contributed by atoms with E-state index >= 15 is 0 Å². The summed E-state index contributed by atoms with van der Waals surface area (Å²) < 4.78 is 0. The number of benzene rings is 5. The number of amides is 3. The Bertz CT molecular complexity index is 1770. The molecule has 0 saturated carbocycles. The maximum Gasteiger partial charge on any atom is 0.255 e. The van der Waals surface area contributed by atoms with E-state index in [-0.39, 0.29) is 24.1 Å². The number of fused-ring (bicyclic) bond motifs is 1. The SMILES string of the molecule is O=C(Nc1ccc(SC2CC(=O)N(c3ccc(N=Nc4ccccc4)cc3)C2=O)cc1)c1ccc2ccccc2c1. The van der Waals surface area contributed by atoms with Crippen molar-refractivity contribution >= 4 is 63.0 Å². The zero-order valence-electron chi connectivity index (χ0n) is 21.8. The van der Waals surface area contributed by atoms with Gasteiger partial charge in [0.2, 0.25) is 11.8 Å². The molecule has 1 heterocycles. The molecule has 1 unspecified atom stereocenters. The van der Waals surface area contributed by atoms with Crippen molar-refractivity contribution in [3.63, 3.8) is 0 Å². The summed E-state index contributed by atoms with van der Waals surface area (Å²) in [5.41, 5.74) is 3.09. The van der Waals surface area contributed by atoms with Gasteiger partial charge in [0, 0.05) is 22.6 Å². The number of azo groups is 1. The summed E-state index contributed by atoms with van der Waals surface area (Å²) in [7, 11) is 0. The van der Waals surface area contributed by atoms with Crippen molar-refractivity contribution in [2.24, 2.45) is 10.2 Å². The summed E-state index contributed by atoms with van der Waals surface area (Å²) in [4.78, 5) is 40.8. The minimum absolute atomic E-state index is 0.111. The molecule has 1 N–H and O–H groups in total. The summed E-state index contributed by atoms with van der Waals surface area (Å²) in [6.07, 6.45) is 0.111. The number of carbonyl (C=O) groups excluding carboxylic acids is 3. The first-order valence-electron chi connectivity index (χ1n) is 13.0. The number of thioether (sulfide) groups is 1. The van der Waals surface area contributed by atoms with Gasteiger partial charge in [-0.05, 0) is 83.6 Å². The fourth-order valence-electron chi connectivity index (χ4n) is 4.56. The number of nitrogens with one attached hydrogen (secondary N) is 1. The van der Waals surface area contributed by atoms with Crippen LogP contribution in [0.5, 0.6) is 0 Å². The first-order valence-corrected chi connectivity index (χ1v) is 13.9. The molecule has 0 radical (unpaired) electrons. The van der Waals surface area contributed by atoms with E-state index in [1.54, 1.807) is 42.5 Å². The van der Waals surface area contributed by atoms with Gasteiger partial charge in [-0.15, -0.1) is 11.8 Å². The molecule has 1 aliphatic heterocycles. The summed E-state index contributed by atoms with van der Waals surface area (Å²) in [6, 6.07) is 37.0. The van der Waals surface area contributed by atoms with Gasteiger partial charge in [0.05, 0.1) is 22.3 Å². The number of hydrogen-bond donors (Lipinski definition) is 1. The van der Waals surface area contributed by atoms with E-state index in [4.69, 9.17) is 0 Å². The number of anilines is 2. The Morgan fingerprint density at radius 3 is 2.12 bits per heavy atom. The van der Waals surface area contributed by atoms with Crippen molar-refractivity contribution in [3.05, 3.63) is 127 Å². The zero-order chi connectivity index (χ0) is 28.2. The zero-order valence-corrected chi connectivity index (χ0v) is 22.6. The van der Waals surface area contributed by atoms with Crippen molar-refractivity contribution in [3.8, 4) is 0 Å². The summed E-state index contributed by atoms with van der Waals surface area (Å²) in [5, 5.41) is 12.9. The average molecular weight is 557 g/mol. The quantitative estimate of drug-likeness (QED) is 0.163. The van der Waals surface area contributed by atoms with E-state index in [0.29, 0.717) is 22.6 Å². The molecule has 0 spiro atoms. The first-order chi connectivity index (χ1) is 20.0. The minimum atomic E-state index is -0.530. The topological polar surface area (TPSA) is 91.2 Å². The van der Waals surface area contributed by atoms with Gasteiger partial charge >= 0.3 is 0 Å². The molecule has 1 fully saturated rings. The molecule has 1 saturated heterocycles. The highest BCUT2D eigenvalue weighted by Gasteiger charge is 2.40. The van der Waals surface area contributed by atoms with E-state index < -0.39 is 5.25 Å². The number of nitrogens with zero attached hydrogens (tertiary/aromatic N) is 3. The molecule has 1 aliphatic rings. The van der Waals surface area contributed by atoms with Crippen LogP contribution in [-0.2, 0) is 9.59 Å². The second-order valence-corrected chi connectivity index (χ2v) is 10.7. The molecule has 7 nitrogen and oxygen atoms in total. The van der Waals surface area contributed by atoms with Gasteiger partial charge in [0.15, 0.2) is 0 Å². The third-order valence-electron chi connectivity index (χ3n) is 6.65. The maximum absolute atomic E-state index is 13.2. The van der Waals surface area contributed by atoms with Crippen LogP contribution in [0.25, 0.3) is 10.8 Å². The van der Waals surface area contributed by atoms with Crippen molar-refractivity contribution in [1.29, 1.82) is 0 Å². The highest BCUT2D eigenvalue weighted by atomic mass is 32.2. The number of hydrogen-bond acceptors (Lipinski definition) is 6. The fourth-order valence-corrected chi connectivity index (χ4v) is 5.61. The maximum atomic E-state index is 13.2. The predicted octanol–water partition coefficient (Wildman–Crippen LogP) is 7.93. The van der Waals surface area contributed by atoms with Gasteiger partial charge < -0.3 is 5.32 Å². The lowest BCUT2D eigenvalue weighted by Gasteiger charge is -2.15. The molecular weight excluding hydrogens is 532 g/mol. The van der Waals surface area contributed by atoms with E-state index in [9.17, 15) is 14.4 Å². The average Bonchev–Trinajstić information content (AvgIpc) is 3.29. The van der Waals surface area contributed by atoms with Crippen LogP contribution in [0.15, 0.2) is 136 Å². The number of imide groups is 1. The lowest BCUT2D eigenvalue weighted by atomic mass is 10.1. The highest BCUT2D eigenvalue weighted by Crippen LogP contribution is 2.35. The van der Waals surface area contributed by atoms with Crippen molar-refractivity contribution in [2.45, 2.75) is 16.6 Å². The largest absolute Gasteiger partial charge is 0.322 e. The Morgan fingerprint density at radius 2 is 1.39 bits per heavy atom. The van der Waals surface area contributed by atoms with Gasteiger partial charge in [0.1, 0.15) is 0 Å². The predicted molar refractivity (Wildman–Crippen MR) is 162 cm³/mol. The van der Waals surface area contributed by atoms with Gasteiger partial charge in [0.25, 0.3) is 5.91 Å². The van der Waals surface area contributed by atoms with E-state index in [2.05, 4.69) is 15.5 Å². The molecule has 41 heavy (non-hydrogen) atoms. The lowest BCUT2D eigenvalue weighted by molar-refractivity contribution is -0.121. The second-order valence-electron chi connectivity index (χ2n) is 9.47. The van der Waals surface area contributed by atoms with Crippen LogP contribution in [0.1, 0.15) is 16.8 Å². The highest BCUT2D eigenvalue weighted by molar-refractivity contribution is 8.00. The third kappa shape index (κ3) is 5.92. The van der Waals surface area contributed by atoms with Crippen LogP contribution in [0.4, 0.5) is 22.7 Å². The Labute approximate surface area is 240 Å². The third-order valence-corrected chi connectivity index (χ3v) is 7.85. The number of rotatable bonds is 7. The molecule has 200 valence electrons. The van der Waals surface area contributed by atoms with Crippen LogP contribution >= 0.6 is 11.8 Å². The first kappa shape index (κ1) is 26.2. The molecule has 0 aromatic heterocycles.